The summed E-state index contributed by atoms with van der Waals surface area (Å²) in [5.41, 5.74) is 0. The Morgan fingerprint density at radius 3 is 2.38 bits per heavy atom. The molecular weight excluding hydrogens is 308 g/mol. The molecule has 0 aliphatic heterocycles. The Balaban J connectivity index is 2.77. The highest BCUT2D eigenvalue weighted by Gasteiger charge is 2.28. The Morgan fingerprint density at radius 1 is 1.17 bits per heavy atom. The molecule has 134 valence electrons. The summed E-state index contributed by atoms with van der Waals surface area (Å²) in [6, 6.07) is -1.67. The lowest BCUT2D eigenvalue weighted by atomic mass is 9.92. The van der Waals surface area contributed by atoms with Crippen LogP contribution in [-0.2, 0) is 14.4 Å². The highest BCUT2D eigenvalue weighted by molar-refractivity contribution is 5.90. The summed E-state index contributed by atoms with van der Waals surface area (Å²) in [7, 11) is 0. The van der Waals surface area contributed by atoms with Gasteiger partial charge in [0.25, 0.3) is 0 Å². The van der Waals surface area contributed by atoms with E-state index in [0.29, 0.717) is 12.8 Å². The van der Waals surface area contributed by atoms with Crippen LogP contribution in [0.5, 0.6) is 0 Å². The molecule has 2 unspecified atom stereocenters. The molecule has 6 heteroatoms. The third-order valence-electron chi connectivity index (χ3n) is 3.90. The van der Waals surface area contributed by atoms with Gasteiger partial charge in [0.1, 0.15) is 12.1 Å². The first-order valence-electron chi connectivity index (χ1n) is 8.49. The molecular formula is C18H28N2O4. The Labute approximate surface area is 143 Å². The van der Waals surface area contributed by atoms with Crippen LogP contribution in [0.3, 0.4) is 0 Å². The number of hydrogen-bond acceptors (Lipinski definition) is 3. The average molecular weight is 336 g/mol. The molecule has 0 fully saturated rings. The second kappa shape index (κ2) is 9.90. The number of nitrogens with one attached hydrogen (secondary N) is 2. The van der Waals surface area contributed by atoms with Crippen molar-refractivity contribution < 1.29 is 19.5 Å². The first-order valence-corrected chi connectivity index (χ1v) is 8.49. The topological polar surface area (TPSA) is 95.5 Å². The summed E-state index contributed by atoms with van der Waals surface area (Å²) in [4.78, 5) is 35.6. The molecule has 1 aliphatic rings. The van der Waals surface area contributed by atoms with Gasteiger partial charge in [-0.15, -0.1) is 0 Å². The standard InChI is InChI=1S/C18H28N2O4/c1-4-16(21)19-14(11-13-8-6-5-7-9-13)17(22)20-15(18(23)24)10-12(2)3/h5-8,12-15H,4,9-11H2,1-3H3,(H,19,21)(H,20,22)(H,23,24)/t13-,14?,15?/m0/s1. The first-order chi connectivity index (χ1) is 11.3. The van der Waals surface area contributed by atoms with Crippen molar-refractivity contribution >= 4 is 17.8 Å². The van der Waals surface area contributed by atoms with Crippen molar-refractivity contribution in [1.29, 1.82) is 0 Å². The van der Waals surface area contributed by atoms with Gasteiger partial charge in [-0.1, -0.05) is 45.1 Å². The molecule has 0 spiro atoms. The monoisotopic (exact) mass is 336 g/mol. The number of rotatable bonds is 9. The van der Waals surface area contributed by atoms with E-state index >= 15 is 0 Å². The zero-order valence-corrected chi connectivity index (χ0v) is 14.6. The zero-order valence-electron chi connectivity index (χ0n) is 14.6. The Morgan fingerprint density at radius 2 is 1.88 bits per heavy atom. The van der Waals surface area contributed by atoms with Crippen LogP contribution in [0.15, 0.2) is 24.3 Å². The van der Waals surface area contributed by atoms with Crippen molar-refractivity contribution in [2.45, 2.75) is 58.5 Å². The fraction of sp³-hybridized carbons (Fsp3) is 0.611. The van der Waals surface area contributed by atoms with E-state index in [4.69, 9.17) is 0 Å². The molecule has 0 heterocycles. The van der Waals surface area contributed by atoms with Crippen LogP contribution in [-0.4, -0.2) is 35.0 Å². The molecule has 0 aromatic heterocycles. The van der Waals surface area contributed by atoms with Gasteiger partial charge >= 0.3 is 5.97 Å². The number of carboxylic acids is 1. The van der Waals surface area contributed by atoms with E-state index in [1.54, 1.807) is 6.92 Å². The van der Waals surface area contributed by atoms with Gasteiger partial charge in [0.05, 0.1) is 0 Å². The van der Waals surface area contributed by atoms with Crippen molar-refractivity contribution in [3.8, 4) is 0 Å². The van der Waals surface area contributed by atoms with Gasteiger partial charge in [0.15, 0.2) is 0 Å². The molecule has 1 aliphatic carbocycles. The Bertz CT molecular complexity index is 511. The number of aliphatic carboxylic acids is 1. The third kappa shape index (κ3) is 6.98. The molecule has 0 aromatic carbocycles. The normalized spacial score (nSPS) is 18.9. The minimum atomic E-state index is -1.06. The maximum Gasteiger partial charge on any atom is 0.326 e. The van der Waals surface area contributed by atoms with Gasteiger partial charge in [0, 0.05) is 6.42 Å². The second-order valence-corrected chi connectivity index (χ2v) is 6.55. The molecule has 3 N–H and O–H groups in total. The number of allylic oxidation sites excluding steroid dienone is 4. The molecule has 6 nitrogen and oxygen atoms in total. The summed E-state index contributed by atoms with van der Waals surface area (Å²) >= 11 is 0. The van der Waals surface area contributed by atoms with Crippen LogP contribution in [0.2, 0.25) is 0 Å². The highest BCUT2D eigenvalue weighted by Crippen LogP contribution is 2.18. The predicted molar refractivity (Wildman–Crippen MR) is 92.2 cm³/mol. The van der Waals surface area contributed by atoms with Gasteiger partial charge in [-0.25, -0.2) is 4.79 Å². The Kier molecular flexibility index (Phi) is 8.22. The quantitative estimate of drug-likeness (QED) is 0.600. The highest BCUT2D eigenvalue weighted by atomic mass is 16.4. The summed E-state index contributed by atoms with van der Waals surface area (Å²) in [5, 5.41) is 14.6. The first kappa shape index (κ1) is 19.9. The van der Waals surface area contributed by atoms with Crippen molar-refractivity contribution in [3.63, 3.8) is 0 Å². The van der Waals surface area contributed by atoms with E-state index in [0.717, 1.165) is 6.42 Å². The van der Waals surface area contributed by atoms with E-state index in [1.807, 2.05) is 38.2 Å². The van der Waals surface area contributed by atoms with Gasteiger partial charge < -0.3 is 15.7 Å². The number of carbonyl (C=O) groups is 3. The van der Waals surface area contributed by atoms with Gasteiger partial charge in [-0.2, -0.15) is 0 Å². The molecule has 1 rings (SSSR count). The molecule has 2 amide bonds. The molecule has 0 saturated carbocycles. The lowest BCUT2D eigenvalue weighted by Crippen LogP contribution is -2.52. The maximum atomic E-state index is 12.5. The van der Waals surface area contributed by atoms with E-state index in [-0.39, 0.29) is 24.2 Å². The largest absolute Gasteiger partial charge is 0.480 e. The lowest BCUT2D eigenvalue weighted by molar-refractivity contribution is -0.142. The van der Waals surface area contributed by atoms with Crippen LogP contribution in [0.1, 0.15) is 46.5 Å². The van der Waals surface area contributed by atoms with E-state index < -0.39 is 24.0 Å². The van der Waals surface area contributed by atoms with Crippen molar-refractivity contribution in [3.05, 3.63) is 24.3 Å². The van der Waals surface area contributed by atoms with Gasteiger partial charge in [-0.3, -0.25) is 9.59 Å². The van der Waals surface area contributed by atoms with Gasteiger partial charge in [0.2, 0.25) is 11.8 Å². The lowest BCUT2D eigenvalue weighted by Gasteiger charge is -2.25. The molecule has 3 atom stereocenters. The Hall–Kier alpha value is -2.11. The summed E-state index contributed by atoms with van der Waals surface area (Å²) in [6.45, 7) is 5.52. The third-order valence-corrected chi connectivity index (χ3v) is 3.90. The minimum absolute atomic E-state index is 0.140. The number of carboxylic acid groups (broad SMARTS) is 1. The summed E-state index contributed by atoms with van der Waals surface area (Å²) < 4.78 is 0. The molecule has 0 bridgehead atoms. The van der Waals surface area contributed by atoms with E-state index in [2.05, 4.69) is 10.6 Å². The fourth-order valence-electron chi connectivity index (χ4n) is 2.60. The van der Waals surface area contributed by atoms with Crippen LogP contribution in [0.25, 0.3) is 0 Å². The van der Waals surface area contributed by atoms with Crippen LogP contribution >= 0.6 is 0 Å². The van der Waals surface area contributed by atoms with E-state index in [9.17, 15) is 19.5 Å². The molecule has 0 saturated heterocycles. The van der Waals surface area contributed by atoms with Crippen molar-refractivity contribution in [1.82, 2.24) is 10.6 Å². The second-order valence-electron chi connectivity index (χ2n) is 6.55. The molecule has 0 radical (unpaired) electrons. The SMILES string of the molecule is CCC(=O)NC(C[C@H]1C=CC=CC1)C(=O)NC(CC(C)C)C(=O)O. The average Bonchev–Trinajstić information content (AvgIpc) is 2.53. The van der Waals surface area contributed by atoms with Crippen LogP contribution in [0, 0.1) is 11.8 Å². The summed E-state index contributed by atoms with van der Waals surface area (Å²) in [6.07, 6.45) is 9.76. The molecule has 24 heavy (non-hydrogen) atoms. The zero-order chi connectivity index (χ0) is 18.1. The predicted octanol–water partition coefficient (Wildman–Crippen LogP) is 2.02. The van der Waals surface area contributed by atoms with Crippen LogP contribution in [0.4, 0.5) is 0 Å². The summed E-state index contributed by atoms with van der Waals surface area (Å²) in [5.74, 6) is -1.43. The fourth-order valence-corrected chi connectivity index (χ4v) is 2.60. The van der Waals surface area contributed by atoms with E-state index in [1.165, 1.54) is 0 Å². The smallest absolute Gasteiger partial charge is 0.326 e. The number of carbonyl (C=O) groups excluding carboxylic acids is 2. The molecule has 0 aromatic rings. The van der Waals surface area contributed by atoms with Gasteiger partial charge in [-0.05, 0) is 31.1 Å². The van der Waals surface area contributed by atoms with Crippen molar-refractivity contribution in [2.24, 2.45) is 11.8 Å². The van der Waals surface area contributed by atoms with Crippen LogP contribution < -0.4 is 10.6 Å². The minimum Gasteiger partial charge on any atom is -0.480 e. The maximum absolute atomic E-state index is 12.5. The number of amides is 2. The van der Waals surface area contributed by atoms with Crippen molar-refractivity contribution in [2.75, 3.05) is 0 Å². The number of hydrogen-bond donors (Lipinski definition) is 3.